The van der Waals surface area contributed by atoms with E-state index in [9.17, 15) is 4.39 Å². The van der Waals surface area contributed by atoms with E-state index in [4.69, 9.17) is 0 Å². The maximum Gasteiger partial charge on any atom is 0.138 e. The van der Waals surface area contributed by atoms with Gasteiger partial charge < -0.3 is 5.32 Å². The van der Waals surface area contributed by atoms with Crippen molar-refractivity contribution >= 4 is 11.5 Å². The van der Waals surface area contributed by atoms with Gasteiger partial charge in [0.1, 0.15) is 17.3 Å². The summed E-state index contributed by atoms with van der Waals surface area (Å²) in [5.41, 5.74) is 1.80. The summed E-state index contributed by atoms with van der Waals surface area (Å²) in [5, 5.41) is 3.27. The van der Waals surface area contributed by atoms with Gasteiger partial charge in [0.05, 0.1) is 0 Å². The Kier molecular flexibility index (Phi) is 2.68. The Balaban J connectivity index is 1.83. The van der Waals surface area contributed by atoms with E-state index in [2.05, 4.69) is 10.3 Å². The smallest absolute Gasteiger partial charge is 0.138 e. The van der Waals surface area contributed by atoms with E-state index in [0.29, 0.717) is 6.54 Å². The van der Waals surface area contributed by atoms with Gasteiger partial charge in [0, 0.05) is 18.9 Å². The standard InChI is InChI=1S/C14H12FN3/c15-12-4-1-3-11(9-12)10-17-14-6-2-5-13-16-7-8-18(13)14/h1-9,17H,10H2. The van der Waals surface area contributed by atoms with Crippen molar-refractivity contribution in [1.82, 2.24) is 9.38 Å². The molecule has 1 N–H and O–H groups in total. The number of anilines is 1. The molecular formula is C14H12FN3. The van der Waals surface area contributed by atoms with Crippen LogP contribution < -0.4 is 5.32 Å². The normalized spacial score (nSPS) is 10.7. The predicted molar refractivity (Wildman–Crippen MR) is 68.9 cm³/mol. The Labute approximate surface area is 104 Å². The van der Waals surface area contributed by atoms with Gasteiger partial charge in [-0.1, -0.05) is 18.2 Å². The van der Waals surface area contributed by atoms with Crippen molar-refractivity contribution in [3.63, 3.8) is 0 Å². The topological polar surface area (TPSA) is 29.3 Å². The summed E-state index contributed by atoms with van der Waals surface area (Å²) in [4.78, 5) is 4.21. The van der Waals surface area contributed by atoms with Gasteiger partial charge in [-0.05, 0) is 29.8 Å². The lowest BCUT2D eigenvalue weighted by Gasteiger charge is -2.08. The van der Waals surface area contributed by atoms with Crippen molar-refractivity contribution in [2.45, 2.75) is 6.54 Å². The molecule has 0 bridgehead atoms. The molecule has 0 saturated carbocycles. The van der Waals surface area contributed by atoms with Crippen molar-refractivity contribution in [3.05, 3.63) is 66.2 Å². The quantitative estimate of drug-likeness (QED) is 0.763. The Morgan fingerprint density at radius 2 is 2.06 bits per heavy atom. The predicted octanol–water partition coefficient (Wildman–Crippen LogP) is 3.09. The van der Waals surface area contributed by atoms with Crippen LogP contribution in [0.15, 0.2) is 54.9 Å². The first-order valence-corrected chi connectivity index (χ1v) is 5.73. The number of aromatic nitrogens is 2. The van der Waals surface area contributed by atoms with Crippen molar-refractivity contribution in [1.29, 1.82) is 0 Å². The Morgan fingerprint density at radius 3 is 2.94 bits per heavy atom. The van der Waals surface area contributed by atoms with Crippen LogP contribution in [0.5, 0.6) is 0 Å². The van der Waals surface area contributed by atoms with E-state index >= 15 is 0 Å². The fraction of sp³-hybridized carbons (Fsp3) is 0.0714. The van der Waals surface area contributed by atoms with Crippen LogP contribution in [0.2, 0.25) is 0 Å². The van der Waals surface area contributed by atoms with Gasteiger partial charge in [0.25, 0.3) is 0 Å². The van der Waals surface area contributed by atoms with Gasteiger partial charge in [-0.3, -0.25) is 4.40 Å². The first-order chi connectivity index (χ1) is 8.83. The number of hydrogen-bond acceptors (Lipinski definition) is 2. The van der Waals surface area contributed by atoms with Gasteiger partial charge in [0.2, 0.25) is 0 Å². The molecule has 3 aromatic rings. The van der Waals surface area contributed by atoms with Crippen LogP contribution in [0.4, 0.5) is 10.2 Å². The van der Waals surface area contributed by atoms with Crippen LogP contribution in [0.1, 0.15) is 5.56 Å². The van der Waals surface area contributed by atoms with Gasteiger partial charge in [0.15, 0.2) is 0 Å². The minimum Gasteiger partial charge on any atom is -0.367 e. The third-order valence-electron chi connectivity index (χ3n) is 2.79. The molecule has 2 aromatic heterocycles. The Bertz CT molecular complexity index is 675. The minimum absolute atomic E-state index is 0.213. The molecule has 0 atom stereocenters. The zero-order chi connectivity index (χ0) is 12.4. The lowest BCUT2D eigenvalue weighted by Crippen LogP contribution is -2.03. The van der Waals surface area contributed by atoms with Crippen LogP contribution >= 0.6 is 0 Å². The maximum atomic E-state index is 13.1. The highest BCUT2D eigenvalue weighted by atomic mass is 19.1. The third kappa shape index (κ3) is 2.05. The second-order valence-electron chi connectivity index (χ2n) is 4.05. The summed E-state index contributed by atoms with van der Waals surface area (Å²) in [5.74, 6) is 0.726. The number of hydrogen-bond donors (Lipinski definition) is 1. The number of benzene rings is 1. The highest BCUT2D eigenvalue weighted by molar-refractivity contribution is 5.50. The summed E-state index contributed by atoms with van der Waals surface area (Å²) in [6.45, 7) is 0.578. The van der Waals surface area contributed by atoms with Crippen LogP contribution in [-0.2, 0) is 6.54 Å². The molecule has 0 aliphatic heterocycles. The second-order valence-corrected chi connectivity index (χ2v) is 4.05. The SMILES string of the molecule is Fc1cccc(CNc2cccc3nccn23)c1. The number of imidazole rings is 1. The minimum atomic E-state index is -0.213. The molecule has 0 unspecified atom stereocenters. The molecule has 3 nitrogen and oxygen atoms in total. The first kappa shape index (κ1) is 10.8. The van der Waals surface area contributed by atoms with Crippen molar-refractivity contribution in [3.8, 4) is 0 Å². The summed E-state index contributed by atoms with van der Waals surface area (Å²) in [6.07, 6.45) is 3.64. The molecule has 0 aliphatic carbocycles. The van der Waals surface area contributed by atoms with E-state index in [1.807, 2.05) is 34.9 Å². The number of fused-ring (bicyclic) bond motifs is 1. The second kappa shape index (κ2) is 4.49. The highest BCUT2D eigenvalue weighted by Gasteiger charge is 2.00. The molecule has 0 fully saturated rings. The van der Waals surface area contributed by atoms with E-state index < -0.39 is 0 Å². The molecule has 18 heavy (non-hydrogen) atoms. The van der Waals surface area contributed by atoms with Crippen LogP contribution in [0, 0.1) is 5.82 Å². The summed E-state index contributed by atoms with van der Waals surface area (Å²) in [6, 6.07) is 12.4. The zero-order valence-electron chi connectivity index (χ0n) is 9.68. The maximum absolute atomic E-state index is 13.1. The molecule has 0 radical (unpaired) electrons. The number of nitrogens with zero attached hydrogens (tertiary/aromatic N) is 2. The van der Waals surface area contributed by atoms with E-state index in [1.54, 1.807) is 12.3 Å². The lowest BCUT2D eigenvalue weighted by atomic mass is 10.2. The molecule has 4 heteroatoms. The fourth-order valence-electron chi connectivity index (χ4n) is 1.93. The van der Waals surface area contributed by atoms with E-state index in [0.717, 1.165) is 17.0 Å². The van der Waals surface area contributed by atoms with Gasteiger partial charge in [-0.15, -0.1) is 0 Å². The molecule has 1 aromatic carbocycles. The number of pyridine rings is 1. The van der Waals surface area contributed by atoms with Gasteiger partial charge in [-0.25, -0.2) is 9.37 Å². The highest BCUT2D eigenvalue weighted by Crippen LogP contribution is 2.12. The van der Waals surface area contributed by atoms with Crippen LogP contribution in [0.3, 0.4) is 0 Å². The molecule has 3 rings (SSSR count). The summed E-state index contributed by atoms with van der Waals surface area (Å²) < 4.78 is 15.0. The molecule has 0 aliphatic rings. The molecule has 2 heterocycles. The largest absolute Gasteiger partial charge is 0.367 e. The average Bonchev–Trinajstić information content (AvgIpc) is 2.85. The molecule has 0 saturated heterocycles. The fourth-order valence-corrected chi connectivity index (χ4v) is 1.93. The molecular weight excluding hydrogens is 229 g/mol. The van der Waals surface area contributed by atoms with Crippen molar-refractivity contribution in [2.24, 2.45) is 0 Å². The number of rotatable bonds is 3. The molecule has 90 valence electrons. The average molecular weight is 241 g/mol. The Morgan fingerprint density at radius 1 is 1.17 bits per heavy atom. The van der Waals surface area contributed by atoms with Gasteiger partial charge in [-0.2, -0.15) is 0 Å². The number of halogens is 1. The summed E-state index contributed by atoms with van der Waals surface area (Å²) in [7, 11) is 0. The van der Waals surface area contributed by atoms with Gasteiger partial charge >= 0.3 is 0 Å². The summed E-state index contributed by atoms with van der Waals surface area (Å²) >= 11 is 0. The van der Waals surface area contributed by atoms with E-state index in [-0.39, 0.29) is 5.82 Å². The zero-order valence-corrected chi connectivity index (χ0v) is 9.68. The first-order valence-electron chi connectivity index (χ1n) is 5.73. The van der Waals surface area contributed by atoms with Crippen molar-refractivity contribution < 1.29 is 4.39 Å². The molecule has 0 spiro atoms. The van der Waals surface area contributed by atoms with Crippen LogP contribution in [-0.4, -0.2) is 9.38 Å². The molecule has 0 amide bonds. The monoisotopic (exact) mass is 241 g/mol. The lowest BCUT2D eigenvalue weighted by molar-refractivity contribution is 0.626. The Hall–Kier alpha value is -2.36. The van der Waals surface area contributed by atoms with Crippen LogP contribution in [0.25, 0.3) is 5.65 Å². The van der Waals surface area contributed by atoms with E-state index in [1.165, 1.54) is 12.1 Å². The third-order valence-corrected chi connectivity index (χ3v) is 2.79. The van der Waals surface area contributed by atoms with Crippen molar-refractivity contribution in [2.75, 3.05) is 5.32 Å². The number of nitrogens with one attached hydrogen (secondary N) is 1.